The Morgan fingerprint density at radius 2 is 1.64 bits per heavy atom. The number of sulfone groups is 1. The second-order valence-electron chi connectivity index (χ2n) is 13.6. The van der Waals surface area contributed by atoms with E-state index in [0.717, 1.165) is 5.56 Å². The summed E-state index contributed by atoms with van der Waals surface area (Å²) < 4.78 is 39.5. The van der Waals surface area contributed by atoms with Crippen LogP contribution in [-0.2, 0) is 31.6 Å². The summed E-state index contributed by atoms with van der Waals surface area (Å²) in [4.78, 5) is 58.0. The average Bonchev–Trinajstić information content (AvgIpc) is 3.89. The highest BCUT2D eigenvalue weighted by Crippen LogP contribution is 2.33. The van der Waals surface area contributed by atoms with Crippen LogP contribution < -0.4 is 20.1 Å². The molecule has 4 amide bonds. The molecule has 1 saturated heterocycles. The van der Waals surface area contributed by atoms with Crippen LogP contribution in [0.25, 0.3) is 0 Å². The summed E-state index contributed by atoms with van der Waals surface area (Å²) in [5, 5.41) is 7.80. The van der Waals surface area contributed by atoms with Gasteiger partial charge in [0.15, 0.2) is 21.3 Å². The topological polar surface area (TPSA) is 151 Å². The van der Waals surface area contributed by atoms with E-state index in [2.05, 4.69) is 10.6 Å². The van der Waals surface area contributed by atoms with Crippen molar-refractivity contribution >= 4 is 44.8 Å². The molecule has 7 rings (SSSR count). The van der Waals surface area contributed by atoms with Gasteiger partial charge >= 0.3 is 0 Å². The van der Waals surface area contributed by atoms with Crippen molar-refractivity contribution in [3.63, 3.8) is 0 Å². The van der Waals surface area contributed by atoms with E-state index in [9.17, 15) is 27.6 Å². The third-order valence-electron chi connectivity index (χ3n) is 9.74. The third kappa shape index (κ3) is 10.1. The number of benzene rings is 3. The number of carbonyl (C=O) groups is 4. The SMILES string of the molecule is COc1cc2ccc1O[C@H]1C[C@@H](C(=O)NCCCCN(C(=O)c3cccs3)CCCNC(=O)CC2)N(C(=O)c2ccccc2S(=O)(=O)Cc2ccccc2)C1. The second-order valence-corrected chi connectivity index (χ2v) is 16.6. The number of carbonyl (C=O) groups excluding carboxylic acids is 4. The Morgan fingerprint density at radius 3 is 2.42 bits per heavy atom. The number of fused-ring (bicyclic) bond motifs is 15. The molecule has 0 aliphatic carbocycles. The lowest BCUT2D eigenvalue weighted by atomic mass is 10.1. The van der Waals surface area contributed by atoms with Gasteiger partial charge < -0.3 is 29.9 Å². The van der Waals surface area contributed by atoms with Crippen LogP contribution in [0.15, 0.2) is 95.2 Å². The van der Waals surface area contributed by atoms with Gasteiger partial charge in [0.1, 0.15) is 12.1 Å². The molecule has 12 nitrogen and oxygen atoms in total. The zero-order valence-electron chi connectivity index (χ0n) is 30.8. The van der Waals surface area contributed by atoms with Gasteiger partial charge in [0.2, 0.25) is 11.8 Å². The fourth-order valence-corrected chi connectivity index (χ4v) is 9.17. The van der Waals surface area contributed by atoms with E-state index in [1.54, 1.807) is 65.6 Å². The van der Waals surface area contributed by atoms with E-state index in [1.165, 1.54) is 35.5 Å². The maximum atomic E-state index is 14.4. The van der Waals surface area contributed by atoms with E-state index in [0.29, 0.717) is 73.8 Å². The Hall–Kier alpha value is -5.21. The van der Waals surface area contributed by atoms with Crippen LogP contribution in [0, 0.1) is 0 Å². The number of thiophene rings is 1. The lowest BCUT2D eigenvalue weighted by Crippen LogP contribution is -2.46. The Morgan fingerprint density at radius 1 is 0.873 bits per heavy atom. The van der Waals surface area contributed by atoms with Crippen LogP contribution in [0.2, 0.25) is 0 Å². The first-order valence-corrected chi connectivity index (χ1v) is 21.0. The maximum Gasteiger partial charge on any atom is 0.263 e. The van der Waals surface area contributed by atoms with Gasteiger partial charge in [-0.3, -0.25) is 19.2 Å². The fourth-order valence-electron chi connectivity index (χ4n) is 6.91. The molecule has 3 aliphatic heterocycles. The minimum absolute atomic E-state index is 0.0179. The van der Waals surface area contributed by atoms with Crippen molar-refractivity contribution < 1.29 is 37.1 Å². The number of nitrogens with one attached hydrogen (secondary N) is 2. The van der Waals surface area contributed by atoms with Crippen LogP contribution >= 0.6 is 11.3 Å². The zero-order valence-corrected chi connectivity index (χ0v) is 32.4. The van der Waals surface area contributed by atoms with Crippen LogP contribution in [0.5, 0.6) is 11.5 Å². The molecule has 1 aromatic heterocycles. The Bertz CT molecular complexity index is 2070. The molecular weight excluding hydrogens is 741 g/mol. The minimum atomic E-state index is -3.94. The molecule has 0 spiro atoms. The molecule has 0 unspecified atom stereocenters. The molecule has 0 saturated carbocycles. The number of hydrogen-bond donors (Lipinski definition) is 2. The van der Waals surface area contributed by atoms with Crippen molar-refractivity contribution in [1.82, 2.24) is 20.4 Å². The highest BCUT2D eigenvalue weighted by molar-refractivity contribution is 7.90. The summed E-state index contributed by atoms with van der Waals surface area (Å²) in [5.74, 6) is -0.561. The number of amides is 4. The molecule has 4 aromatic rings. The van der Waals surface area contributed by atoms with E-state index in [-0.39, 0.29) is 53.3 Å². The normalized spacial score (nSPS) is 19.0. The quantitative estimate of drug-likeness (QED) is 0.281. The number of methoxy groups -OCH3 is 1. The van der Waals surface area contributed by atoms with Crippen LogP contribution in [-0.4, -0.2) is 93.8 Å². The van der Waals surface area contributed by atoms with E-state index in [1.807, 2.05) is 17.5 Å². The molecular formula is C41H46N4O8S2. The summed E-state index contributed by atoms with van der Waals surface area (Å²) in [6.45, 7) is 1.69. The number of likely N-dealkylation sites (tertiary alicyclic amines) is 1. The predicted molar refractivity (Wildman–Crippen MR) is 209 cm³/mol. The van der Waals surface area contributed by atoms with Crippen molar-refractivity contribution in [2.75, 3.05) is 39.8 Å². The van der Waals surface area contributed by atoms with Gasteiger partial charge in [0.25, 0.3) is 11.8 Å². The summed E-state index contributed by atoms with van der Waals surface area (Å²) in [6, 6.07) is 22.9. The summed E-state index contributed by atoms with van der Waals surface area (Å²) in [5.41, 5.74) is 1.44. The molecule has 2 N–H and O–H groups in total. The standard InChI is InChI=1S/C41H46N4O8S2/c1-52-35-25-29-16-18-34(35)53-31-26-33(45(27-31)40(48)32-13-5-6-15-37(32)55(50,51)28-30-11-3-2-4-12-30)39(47)43-20-7-8-22-44(41(49)36-14-9-24-54-36)23-10-21-42-38(46)19-17-29/h2-6,9,11-16,18,24-25,31,33H,7-8,10,17,19-23,26-28H2,1H3,(H,42,46)(H,43,47)/t31-,33-/m0/s1. The first-order valence-electron chi connectivity index (χ1n) is 18.5. The largest absolute Gasteiger partial charge is 0.493 e. The molecule has 3 aliphatic rings. The second kappa shape index (κ2) is 18.4. The molecule has 14 heteroatoms. The van der Waals surface area contributed by atoms with Crippen LogP contribution in [0.4, 0.5) is 0 Å². The first kappa shape index (κ1) is 39.5. The van der Waals surface area contributed by atoms with E-state index in [4.69, 9.17) is 9.47 Å². The first-order chi connectivity index (χ1) is 26.6. The smallest absolute Gasteiger partial charge is 0.263 e. The molecule has 1 fully saturated rings. The number of hydrogen-bond acceptors (Lipinski definition) is 9. The van der Waals surface area contributed by atoms with Gasteiger partial charge in [0.05, 0.1) is 34.7 Å². The molecule has 4 bridgehead atoms. The highest BCUT2D eigenvalue weighted by atomic mass is 32.2. The average molecular weight is 787 g/mol. The zero-order chi connectivity index (χ0) is 38.8. The molecule has 3 aromatic carbocycles. The summed E-state index contributed by atoms with van der Waals surface area (Å²) >= 11 is 1.38. The number of rotatable bonds is 6. The predicted octanol–water partition coefficient (Wildman–Crippen LogP) is 4.88. The Balaban J connectivity index is 1.25. The van der Waals surface area contributed by atoms with Crippen molar-refractivity contribution in [2.24, 2.45) is 0 Å². The molecule has 2 atom stereocenters. The molecule has 55 heavy (non-hydrogen) atoms. The highest BCUT2D eigenvalue weighted by Gasteiger charge is 2.42. The molecule has 4 heterocycles. The van der Waals surface area contributed by atoms with Crippen molar-refractivity contribution in [1.29, 1.82) is 0 Å². The summed E-state index contributed by atoms with van der Waals surface area (Å²) in [6.07, 6.45) is 2.04. The third-order valence-corrected chi connectivity index (χ3v) is 12.3. The van der Waals surface area contributed by atoms with E-state index >= 15 is 0 Å². The van der Waals surface area contributed by atoms with Crippen LogP contribution in [0.3, 0.4) is 0 Å². The van der Waals surface area contributed by atoms with Gasteiger partial charge in [-0.15, -0.1) is 11.3 Å². The number of nitrogens with zero attached hydrogens (tertiary/aromatic N) is 2. The molecule has 0 radical (unpaired) electrons. The minimum Gasteiger partial charge on any atom is -0.493 e. The lowest BCUT2D eigenvalue weighted by Gasteiger charge is -2.25. The van der Waals surface area contributed by atoms with Gasteiger partial charge in [-0.05, 0) is 72.5 Å². The number of ether oxygens (including phenoxy) is 2. The lowest BCUT2D eigenvalue weighted by molar-refractivity contribution is -0.125. The van der Waals surface area contributed by atoms with E-state index < -0.39 is 27.9 Å². The van der Waals surface area contributed by atoms with Crippen molar-refractivity contribution in [2.45, 2.75) is 61.3 Å². The fraction of sp³-hybridized carbons (Fsp3) is 0.366. The Kier molecular flexibility index (Phi) is 13.2. The van der Waals surface area contributed by atoms with Crippen LogP contribution in [0.1, 0.15) is 63.3 Å². The number of aryl methyl sites for hydroxylation is 1. The summed E-state index contributed by atoms with van der Waals surface area (Å²) in [7, 11) is -2.42. The van der Waals surface area contributed by atoms with Gasteiger partial charge in [0, 0.05) is 39.0 Å². The van der Waals surface area contributed by atoms with Gasteiger partial charge in [-0.2, -0.15) is 0 Å². The molecule has 290 valence electrons. The monoisotopic (exact) mass is 786 g/mol. The van der Waals surface area contributed by atoms with Gasteiger partial charge in [-0.25, -0.2) is 8.42 Å². The van der Waals surface area contributed by atoms with Gasteiger partial charge in [-0.1, -0.05) is 54.6 Å². The van der Waals surface area contributed by atoms with Crippen molar-refractivity contribution in [3.05, 3.63) is 112 Å². The maximum absolute atomic E-state index is 14.4. The Labute approximate surface area is 325 Å². The van der Waals surface area contributed by atoms with Crippen molar-refractivity contribution in [3.8, 4) is 11.5 Å².